The molecule has 7 heteroatoms. The molecule has 0 saturated carbocycles. The fourth-order valence-electron chi connectivity index (χ4n) is 2.24. The summed E-state index contributed by atoms with van der Waals surface area (Å²) in [6, 6.07) is 0. The van der Waals surface area contributed by atoms with Crippen LogP contribution in [0.5, 0.6) is 0 Å². The van der Waals surface area contributed by atoms with E-state index in [1.807, 2.05) is 0 Å². The van der Waals surface area contributed by atoms with Crippen molar-refractivity contribution in [2.75, 3.05) is 18.6 Å². The zero-order valence-corrected chi connectivity index (χ0v) is 10.8. The Labute approximate surface area is 110 Å². The average molecular weight is 265 g/mol. The number of methoxy groups -OCH3 is 1. The molecule has 0 radical (unpaired) electrons. The first-order valence-corrected chi connectivity index (χ1v) is 5.90. The Balaban J connectivity index is 2.36. The van der Waals surface area contributed by atoms with Gasteiger partial charge >= 0.3 is 11.9 Å². The van der Waals surface area contributed by atoms with Crippen LogP contribution in [-0.2, 0) is 9.53 Å². The molecule has 0 spiro atoms. The Hall–Kier alpha value is -2.18. The number of nitrogens with zero attached hydrogens (tertiary/aromatic N) is 3. The molecule has 7 nitrogen and oxygen atoms in total. The van der Waals surface area contributed by atoms with Gasteiger partial charge in [-0.05, 0) is 19.8 Å². The highest BCUT2D eigenvalue weighted by Gasteiger charge is 2.44. The van der Waals surface area contributed by atoms with Gasteiger partial charge in [0, 0.05) is 6.54 Å². The van der Waals surface area contributed by atoms with E-state index < -0.39 is 17.5 Å². The molecule has 1 aromatic rings. The van der Waals surface area contributed by atoms with Gasteiger partial charge in [0.1, 0.15) is 11.4 Å². The molecule has 2 heterocycles. The third-order valence-corrected chi connectivity index (χ3v) is 3.39. The van der Waals surface area contributed by atoms with Crippen LogP contribution in [0, 0.1) is 0 Å². The maximum Gasteiger partial charge on any atom is 0.358 e. The second-order valence-electron chi connectivity index (χ2n) is 4.59. The summed E-state index contributed by atoms with van der Waals surface area (Å²) in [6.07, 6.45) is 4.04. The van der Waals surface area contributed by atoms with Crippen molar-refractivity contribution in [2.24, 2.45) is 0 Å². The Morgan fingerprint density at radius 2 is 2.21 bits per heavy atom. The fourth-order valence-corrected chi connectivity index (χ4v) is 2.24. The summed E-state index contributed by atoms with van der Waals surface area (Å²) in [5, 5.41) is 9.35. The van der Waals surface area contributed by atoms with Crippen molar-refractivity contribution in [3.8, 4) is 0 Å². The molecular formula is C12H15N3O4. The van der Waals surface area contributed by atoms with Crippen molar-refractivity contribution in [1.29, 1.82) is 0 Å². The molecule has 102 valence electrons. The van der Waals surface area contributed by atoms with Gasteiger partial charge in [0.05, 0.1) is 19.5 Å². The largest absolute Gasteiger partial charge is 0.480 e. The van der Waals surface area contributed by atoms with E-state index in [-0.39, 0.29) is 5.69 Å². The van der Waals surface area contributed by atoms with E-state index in [4.69, 9.17) is 0 Å². The number of hydrogen-bond donors (Lipinski definition) is 1. The summed E-state index contributed by atoms with van der Waals surface area (Å²) in [7, 11) is 1.26. The zero-order valence-electron chi connectivity index (χ0n) is 10.8. The van der Waals surface area contributed by atoms with Crippen LogP contribution in [0.3, 0.4) is 0 Å². The van der Waals surface area contributed by atoms with E-state index in [0.29, 0.717) is 18.8 Å². The highest BCUT2D eigenvalue weighted by atomic mass is 16.5. The van der Waals surface area contributed by atoms with Gasteiger partial charge in [-0.15, -0.1) is 0 Å². The molecule has 0 amide bonds. The molecule has 1 saturated heterocycles. The Bertz CT molecular complexity index is 519. The van der Waals surface area contributed by atoms with Crippen molar-refractivity contribution in [3.63, 3.8) is 0 Å². The second-order valence-corrected chi connectivity index (χ2v) is 4.59. The number of rotatable bonds is 3. The third kappa shape index (κ3) is 2.23. The smallest absolute Gasteiger partial charge is 0.358 e. The lowest BCUT2D eigenvalue weighted by Gasteiger charge is -2.31. The third-order valence-electron chi connectivity index (χ3n) is 3.39. The standard InChI is InChI=1S/C12H15N3O4/c1-12(11(17)18)4-3-5-15(12)9-7-13-6-8(14-9)10(16)19-2/h6-7H,3-5H2,1-2H3,(H,17,18). The fraction of sp³-hybridized carbons (Fsp3) is 0.500. The van der Waals surface area contributed by atoms with E-state index >= 15 is 0 Å². The molecule has 1 aliphatic rings. The Kier molecular flexibility index (Phi) is 3.37. The number of hydrogen-bond acceptors (Lipinski definition) is 6. The van der Waals surface area contributed by atoms with Gasteiger partial charge in [-0.2, -0.15) is 0 Å². The van der Waals surface area contributed by atoms with Gasteiger partial charge in [0.15, 0.2) is 5.69 Å². The first-order chi connectivity index (χ1) is 8.99. The average Bonchev–Trinajstić information content (AvgIpc) is 2.81. The molecule has 1 unspecified atom stereocenters. The molecule has 1 N–H and O–H groups in total. The normalized spacial score (nSPS) is 22.3. The molecule has 0 aromatic carbocycles. The highest BCUT2D eigenvalue weighted by molar-refractivity contribution is 5.87. The van der Waals surface area contributed by atoms with Crippen LogP contribution in [0.4, 0.5) is 5.82 Å². The molecule has 1 fully saturated rings. The summed E-state index contributed by atoms with van der Waals surface area (Å²) in [6.45, 7) is 2.22. The molecule has 19 heavy (non-hydrogen) atoms. The van der Waals surface area contributed by atoms with Crippen molar-refractivity contribution < 1.29 is 19.4 Å². The predicted octanol–water partition coefficient (Wildman–Crippen LogP) is 0.707. The minimum absolute atomic E-state index is 0.0691. The SMILES string of the molecule is COC(=O)c1cncc(N2CCCC2(C)C(=O)O)n1. The number of carbonyl (C=O) groups excluding carboxylic acids is 1. The van der Waals surface area contributed by atoms with E-state index in [1.165, 1.54) is 19.5 Å². The molecule has 1 aliphatic heterocycles. The van der Waals surface area contributed by atoms with Crippen LogP contribution in [0.1, 0.15) is 30.3 Å². The van der Waals surface area contributed by atoms with Gasteiger partial charge < -0.3 is 14.7 Å². The van der Waals surface area contributed by atoms with E-state index in [1.54, 1.807) is 11.8 Å². The van der Waals surface area contributed by atoms with Gasteiger partial charge in [-0.1, -0.05) is 0 Å². The molecule has 1 atom stereocenters. The minimum atomic E-state index is -1.01. The Morgan fingerprint density at radius 1 is 1.47 bits per heavy atom. The van der Waals surface area contributed by atoms with Crippen LogP contribution in [0.15, 0.2) is 12.4 Å². The van der Waals surface area contributed by atoms with Crippen molar-refractivity contribution >= 4 is 17.8 Å². The zero-order chi connectivity index (χ0) is 14.0. The lowest BCUT2D eigenvalue weighted by molar-refractivity contribution is -0.142. The first-order valence-electron chi connectivity index (χ1n) is 5.90. The lowest BCUT2D eigenvalue weighted by atomic mass is 9.99. The molecule has 0 aliphatic carbocycles. The number of esters is 1. The van der Waals surface area contributed by atoms with Crippen molar-refractivity contribution in [2.45, 2.75) is 25.3 Å². The molecule has 2 rings (SSSR count). The molecular weight excluding hydrogens is 250 g/mol. The number of carbonyl (C=O) groups is 2. The summed E-state index contributed by atoms with van der Waals surface area (Å²) >= 11 is 0. The van der Waals surface area contributed by atoms with Crippen molar-refractivity contribution in [3.05, 3.63) is 18.1 Å². The number of anilines is 1. The maximum atomic E-state index is 11.4. The monoisotopic (exact) mass is 265 g/mol. The summed E-state index contributed by atoms with van der Waals surface area (Å²) < 4.78 is 4.58. The number of carboxylic acids is 1. The van der Waals surface area contributed by atoms with Gasteiger partial charge in [0.25, 0.3) is 0 Å². The number of aromatic nitrogens is 2. The topological polar surface area (TPSA) is 92.6 Å². The van der Waals surface area contributed by atoms with Gasteiger partial charge in [-0.3, -0.25) is 4.98 Å². The molecule has 0 bridgehead atoms. The Morgan fingerprint density at radius 3 is 2.84 bits per heavy atom. The van der Waals surface area contributed by atoms with E-state index in [2.05, 4.69) is 14.7 Å². The molecule has 1 aromatic heterocycles. The van der Waals surface area contributed by atoms with Crippen LogP contribution in [0.2, 0.25) is 0 Å². The van der Waals surface area contributed by atoms with Crippen LogP contribution < -0.4 is 4.90 Å². The van der Waals surface area contributed by atoms with E-state index in [0.717, 1.165) is 6.42 Å². The lowest BCUT2D eigenvalue weighted by Crippen LogP contribution is -2.48. The number of carboxylic acid groups (broad SMARTS) is 1. The van der Waals surface area contributed by atoms with Crippen LogP contribution in [-0.4, -0.2) is 46.2 Å². The summed E-state index contributed by atoms with van der Waals surface area (Å²) in [4.78, 5) is 32.5. The second kappa shape index (κ2) is 4.83. The highest BCUT2D eigenvalue weighted by Crippen LogP contribution is 2.32. The van der Waals surface area contributed by atoms with Crippen molar-refractivity contribution in [1.82, 2.24) is 9.97 Å². The predicted molar refractivity (Wildman–Crippen MR) is 66.0 cm³/mol. The first kappa shape index (κ1) is 13.3. The van der Waals surface area contributed by atoms with Crippen LogP contribution >= 0.6 is 0 Å². The number of aliphatic carboxylic acids is 1. The quantitative estimate of drug-likeness (QED) is 0.804. The van der Waals surface area contributed by atoms with Gasteiger partial charge in [-0.25, -0.2) is 14.6 Å². The van der Waals surface area contributed by atoms with Gasteiger partial charge in [0.2, 0.25) is 0 Å². The minimum Gasteiger partial charge on any atom is -0.480 e. The number of ether oxygens (including phenoxy) is 1. The maximum absolute atomic E-state index is 11.4. The van der Waals surface area contributed by atoms with Crippen LogP contribution in [0.25, 0.3) is 0 Å². The summed E-state index contributed by atoms with van der Waals surface area (Å²) in [5.74, 6) is -1.12. The van der Waals surface area contributed by atoms with E-state index in [9.17, 15) is 14.7 Å². The summed E-state index contributed by atoms with van der Waals surface area (Å²) in [5.41, 5.74) is -0.941.